The molecule has 0 aromatic rings. The quantitative estimate of drug-likeness (QED) is 0.709. The Kier molecular flexibility index (Phi) is 3.70. The van der Waals surface area contributed by atoms with Gasteiger partial charge in [-0.3, -0.25) is 4.79 Å². The highest BCUT2D eigenvalue weighted by atomic mass is 32.2. The van der Waals surface area contributed by atoms with E-state index >= 15 is 0 Å². The first kappa shape index (κ1) is 11.0. The number of rotatable bonds is 2. The van der Waals surface area contributed by atoms with Crippen LogP contribution in [0.4, 0.5) is 0 Å². The minimum Gasteiger partial charge on any atom is -0.334 e. The van der Waals surface area contributed by atoms with Crippen molar-refractivity contribution in [3.05, 3.63) is 12.2 Å². The second-order valence-electron chi connectivity index (χ2n) is 4.02. The summed E-state index contributed by atoms with van der Waals surface area (Å²) in [5, 5.41) is 3.11. The van der Waals surface area contributed by atoms with Gasteiger partial charge in [-0.05, 0) is 19.9 Å². The van der Waals surface area contributed by atoms with Gasteiger partial charge in [0.15, 0.2) is 0 Å². The molecule has 2 unspecified atom stereocenters. The van der Waals surface area contributed by atoms with Gasteiger partial charge in [0, 0.05) is 18.1 Å². The third kappa shape index (κ3) is 2.37. The first-order valence-corrected chi connectivity index (χ1v) is 6.70. The number of thioether (sulfide) groups is 1. The topological polar surface area (TPSA) is 32.3 Å². The van der Waals surface area contributed by atoms with Crippen LogP contribution in [-0.2, 0) is 4.79 Å². The van der Waals surface area contributed by atoms with Gasteiger partial charge in [-0.25, -0.2) is 0 Å². The molecule has 0 aromatic carbocycles. The third-order valence-electron chi connectivity index (χ3n) is 3.08. The molecule has 0 bridgehead atoms. The molecular formula is C11H18N2OS. The molecule has 1 aliphatic heterocycles. The van der Waals surface area contributed by atoms with Gasteiger partial charge in [0.25, 0.3) is 0 Å². The van der Waals surface area contributed by atoms with Gasteiger partial charge in [0.05, 0.1) is 12.1 Å². The van der Waals surface area contributed by atoms with Crippen molar-refractivity contribution in [3.63, 3.8) is 0 Å². The molecule has 4 heteroatoms. The van der Waals surface area contributed by atoms with Crippen LogP contribution >= 0.6 is 11.8 Å². The van der Waals surface area contributed by atoms with Gasteiger partial charge in [-0.2, -0.15) is 11.8 Å². The van der Waals surface area contributed by atoms with E-state index in [0.717, 1.165) is 30.9 Å². The van der Waals surface area contributed by atoms with Gasteiger partial charge in [0.1, 0.15) is 0 Å². The maximum Gasteiger partial charge on any atom is 0.241 e. The van der Waals surface area contributed by atoms with Crippen LogP contribution < -0.4 is 5.32 Å². The Morgan fingerprint density at radius 2 is 2.47 bits per heavy atom. The minimum absolute atomic E-state index is 0.00602. The lowest BCUT2D eigenvalue weighted by atomic mass is 10.2. The summed E-state index contributed by atoms with van der Waals surface area (Å²) in [6.45, 7) is 0.899. The molecule has 2 atom stereocenters. The van der Waals surface area contributed by atoms with Gasteiger partial charge < -0.3 is 10.2 Å². The number of amides is 1. The molecule has 15 heavy (non-hydrogen) atoms. The maximum atomic E-state index is 12.2. The first-order chi connectivity index (χ1) is 7.33. The van der Waals surface area contributed by atoms with E-state index in [0.29, 0.717) is 6.04 Å². The summed E-state index contributed by atoms with van der Waals surface area (Å²) in [6.07, 6.45) is 6.59. The zero-order chi connectivity index (χ0) is 10.7. The predicted octanol–water partition coefficient (Wildman–Crippen LogP) is 0.868. The van der Waals surface area contributed by atoms with E-state index in [1.54, 1.807) is 0 Å². The molecule has 1 aliphatic carbocycles. The van der Waals surface area contributed by atoms with Crippen LogP contribution in [0.1, 0.15) is 12.8 Å². The van der Waals surface area contributed by atoms with Crippen molar-refractivity contribution in [3.8, 4) is 0 Å². The highest BCUT2D eigenvalue weighted by molar-refractivity contribution is 7.99. The molecule has 0 saturated carbocycles. The summed E-state index contributed by atoms with van der Waals surface area (Å²) in [4.78, 5) is 14.2. The minimum atomic E-state index is 0.00602. The lowest BCUT2D eigenvalue weighted by Gasteiger charge is -2.28. The smallest absolute Gasteiger partial charge is 0.241 e. The molecule has 0 radical (unpaired) electrons. The van der Waals surface area contributed by atoms with Crippen LogP contribution in [0.5, 0.6) is 0 Å². The number of nitrogens with one attached hydrogen (secondary N) is 1. The number of allylic oxidation sites excluding steroid dienone is 1. The SMILES string of the molecule is CNC1CSCCN(C2C=CCC2)C1=O. The largest absolute Gasteiger partial charge is 0.334 e. The van der Waals surface area contributed by atoms with Crippen molar-refractivity contribution in [1.29, 1.82) is 0 Å². The fourth-order valence-corrected chi connectivity index (χ4v) is 3.20. The molecule has 1 amide bonds. The molecule has 1 saturated heterocycles. The van der Waals surface area contributed by atoms with Crippen LogP contribution in [0.2, 0.25) is 0 Å². The fraction of sp³-hybridized carbons (Fsp3) is 0.727. The number of carbonyl (C=O) groups excluding carboxylic acids is 1. The Labute approximate surface area is 95.3 Å². The Morgan fingerprint density at radius 3 is 3.13 bits per heavy atom. The highest BCUT2D eigenvalue weighted by Crippen LogP contribution is 2.21. The first-order valence-electron chi connectivity index (χ1n) is 5.55. The molecule has 2 rings (SSSR count). The van der Waals surface area contributed by atoms with Gasteiger partial charge in [0.2, 0.25) is 5.91 Å². The van der Waals surface area contributed by atoms with Crippen LogP contribution in [0.3, 0.4) is 0 Å². The Balaban J connectivity index is 2.07. The average molecular weight is 226 g/mol. The van der Waals surface area contributed by atoms with Crippen molar-refractivity contribution >= 4 is 17.7 Å². The van der Waals surface area contributed by atoms with Gasteiger partial charge >= 0.3 is 0 Å². The summed E-state index contributed by atoms with van der Waals surface area (Å²) < 4.78 is 0. The number of hydrogen-bond donors (Lipinski definition) is 1. The van der Waals surface area contributed by atoms with E-state index in [-0.39, 0.29) is 11.9 Å². The standard InChI is InChI=1S/C11H18N2OS/c1-12-10-8-15-7-6-13(11(10)14)9-4-2-3-5-9/h2,4,9-10,12H,3,5-8H2,1H3. The van der Waals surface area contributed by atoms with Crippen molar-refractivity contribution in [2.45, 2.75) is 24.9 Å². The zero-order valence-electron chi connectivity index (χ0n) is 9.11. The lowest BCUT2D eigenvalue weighted by Crippen LogP contribution is -2.48. The molecule has 0 spiro atoms. The number of hydrogen-bond acceptors (Lipinski definition) is 3. The van der Waals surface area contributed by atoms with Gasteiger partial charge in [-0.15, -0.1) is 0 Å². The van der Waals surface area contributed by atoms with E-state index in [2.05, 4.69) is 17.5 Å². The second-order valence-corrected chi connectivity index (χ2v) is 5.17. The van der Waals surface area contributed by atoms with E-state index in [1.807, 2.05) is 23.7 Å². The zero-order valence-corrected chi connectivity index (χ0v) is 9.93. The van der Waals surface area contributed by atoms with Crippen molar-refractivity contribution in [1.82, 2.24) is 10.2 Å². The molecule has 2 aliphatic rings. The van der Waals surface area contributed by atoms with Crippen molar-refractivity contribution in [2.24, 2.45) is 0 Å². The van der Waals surface area contributed by atoms with Crippen LogP contribution in [-0.4, -0.2) is 48.0 Å². The van der Waals surface area contributed by atoms with Crippen LogP contribution in [0.25, 0.3) is 0 Å². The summed E-state index contributed by atoms with van der Waals surface area (Å²) in [5.41, 5.74) is 0. The number of carbonyl (C=O) groups is 1. The molecular weight excluding hydrogens is 208 g/mol. The van der Waals surface area contributed by atoms with Crippen molar-refractivity contribution < 1.29 is 4.79 Å². The van der Waals surface area contributed by atoms with E-state index in [1.165, 1.54) is 0 Å². The third-order valence-corrected chi connectivity index (χ3v) is 4.12. The summed E-state index contributed by atoms with van der Waals surface area (Å²) in [6, 6.07) is 0.360. The fourth-order valence-electron chi connectivity index (χ4n) is 2.16. The predicted molar refractivity (Wildman–Crippen MR) is 64.0 cm³/mol. The maximum absolute atomic E-state index is 12.2. The van der Waals surface area contributed by atoms with Crippen LogP contribution in [0, 0.1) is 0 Å². The summed E-state index contributed by atoms with van der Waals surface area (Å²) in [7, 11) is 1.87. The van der Waals surface area contributed by atoms with E-state index in [4.69, 9.17) is 0 Å². The molecule has 0 aromatic heterocycles. The number of nitrogens with zero attached hydrogens (tertiary/aromatic N) is 1. The van der Waals surface area contributed by atoms with Crippen LogP contribution in [0.15, 0.2) is 12.2 Å². The molecule has 84 valence electrons. The summed E-state index contributed by atoms with van der Waals surface area (Å²) >= 11 is 1.87. The molecule has 1 fully saturated rings. The normalized spacial score (nSPS) is 32.1. The summed E-state index contributed by atoms with van der Waals surface area (Å²) in [5.74, 6) is 2.25. The monoisotopic (exact) mass is 226 g/mol. The Bertz CT molecular complexity index is 267. The lowest BCUT2D eigenvalue weighted by molar-refractivity contribution is -0.133. The molecule has 1 heterocycles. The molecule has 3 nitrogen and oxygen atoms in total. The second kappa shape index (κ2) is 5.03. The Hall–Kier alpha value is -0.480. The molecule has 1 N–H and O–H groups in total. The van der Waals surface area contributed by atoms with E-state index < -0.39 is 0 Å². The number of likely N-dealkylation sites (N-methyl/N-ethyl adjacent to an activating group) is 1. The Morgan fingerprint density at radius 1 is 1.60 bits per heavy atom. The highest BCUT2D eigenvalue weighted by Gasteiger charge is 2.30. The van der Waals surface area contributed by atoms with Crippen molar-refractivity contribution in [2.75, 3.05) is 25.1 Å². The van der Waals surface area contributed by atoms with E-state index in [9.17, 15) is 4.79 Å². The van der Waals surface area contributed by atoms with Gasteiger partial charge in [-0.1, -0.05) is 12.2 Å². The average Bonchev–Trinajstić information content (AvgIpc) is 2.70.